The quantitative estimate of drug-likeness (QED) is 0.797. The van der Waals surface area contributed by atoms with Gasteiger partial charge in [-0.25, -0.2) is 4.79 Å². The Morgan fingerprint density at radius 3 is 2.30 bits per heavy atom. The second kappa shape index (κ2) is 4.98. The molecular weight excluding hydrogens is 254 g/mol. The Morgan fingerprint density at radius 2 is 1.70 bits per heavy atom. The van der Waals surface area contributed by atoms with Crippen molar-refractivity contribution in [3.63, 3.8) is 0 Å². The van der Waals surface area contributed by atoms with Crippen LogP contribution in [0.3, 0.4) is 0 Å². The number of nitrogen functional groups attached to an aromatic ring is 1. The van der Waals surface area contributed by atoms with Crippen molar-refractivity contribution in [2.24, 2.45) is 0 Å². The smallest absolute Gasteiger partial charge is 0.414 e. The number of anilines is 2. The monoisotopic (exact) mass is 275 g/mol. The van der Waals surface area contributed by atoms with Gasteiger partial charge in [0, 0.05) is 50.3 Å². The van der Waals surface area contributed by atoms with Crippen molar-refractivity contribution in [1.29, 1.82) is 0 Å². The molecule has 1 spiro atoms. The average molecular weight is 275 g/mol. The Balaban J connectivity index is 1.71. The van der Waals surface area contributed by atoms with Gasteiger partial charge in [0.1, 0.15) is 5.60 Å². The summed E-state index contributed by atoms with van der Waals surface area (Å²) in [6.07, 6.45) is 2.54. The Hall–Kier alpha value is -1.75. The summed E-state index contributed by atoms with van der Waals surface area (Å²) in [5.74, 6) is 0. The van der Waals surface area contributed by atoms with E-state index in [0.717, 1.165) is 38.0 Å². The fourth-order valence-corrected chi connectivity index (χ4v) is 2.97. The predicted octanol–water partition coefficient (Wildman–Crippen LogP) is 2.08. The number of amides is 1. The lowest BCUT2D eigenvalue weighted by Gasteiger charge is -2.45. The van der Waals surface area contributed by atoms with Crippen molar-refractivity contribution in [3.8, 4) is 0 Å². The molecule has 0 atom stereocenters. The fourth-order valence-electron chi connectivity index (χ4n) is 2.97. The fraction of sp³-hybridized carbons (Fsp3) is 0.533. The summed E-state index contributed by atoms with van der Waals surface area (Å²) >= 11 is 0. The molecule has 0 bridgehead atoms. The van der Waals surface area contributed by atoms with Crippen LogP contribution in [-0.2, 0) is 4.74 Å². The predicted molar refractivity (Wildman–Crippen MR) is 78.8 cm³/mol. The molecule has 5 heteroatoms. The molecule has 108 valence electrons. The van der Waals surface area contributed by atoms with Crippen LogP contribution in [0.1, 0.15) is 19.3 Å². The van der Waals surface area contributed by atoms with Crippen LogP contribution in [0.25, 0.3) is 0 Å². The largest absolute Gasteiger partial charge is 0.442 e. The molecule has 1 aromatic rings. The van der Waals surface area contributed by atoms with Gasteiger partial charge in [0.05, 0.1) is 0 Å². The molecular formula is C15H21N3O2. The summed E-state index contributed by atoms with van der Waals surface area (Å²) < 4.78 is 5.79. The SMILES string of the molecule is CN1CCC2(CC1)CCN(c1ccc(N)cc1)C(=O)O2. The molecule has 20 heavy (non-hydrogen) atoms. The summed E-state index contributed by atoms with van der Waals surface area (Å²) in [4.78, 5) is 16.3. The highest BCUT2D eigenvalue weighted by atomic mass is 16.6. The van der Waals surface area contributed by atoms with Gasteiger partial charge in [-0.3, -0.25) is 4.90 Å². The van der Waals surface area contributed by atoms with Gasteiger partial charge in [0.25, 0.3) is 0 Å². The molecule has 0 aromatic heterocycles. The molecule has 1 amide bonds. The first-order valence-electron chi connectivity index (χ1n) is 7.13. The third-order valence-electron chi connectivity index (χ3n) is 4.42. The van der Waals surface area contributed by atoms with E-state index in [-0.39, 0.29) is 11.7 Å². The molecule has 0 saturated carbocycles. The molecule has 0 unspecified atom stereocenters. The number of hydrogen-bond acceptors (Lipinski definition) is 4. The van der Waals surface area contributed by atoms with Crippen LogP contribution in [0, 0.1) is 0 Å². The third kappa shape index (κ3) is 2.45. The molecule has 2 aliphatic rings. The Morgan fingerprint density at radius 1 is 1.10 bits per heavy atom. The maximum absolute atomic E-state index is 12.3. The highest BCUT2D eigenvalue weighted by Gasteiger charge is 2.42. The van der Waals surface area contributed by atoms with Gasteiger partial charge >= 0.3 is 6.09 Å². The zero-order valence-electron chi connectivity index (χ0n) is 11.8. The Bertz CT molecular complexity index is 492. The van der Waals surface area contributed by atoms with E-state index < -0.39 is 0 Å². The van der Waals surface area contributed by atoms with E-state index in [2.05, 4.69) is 11.9 Å². The maximum atomic E-state index is 12.3. The van der Waals surface area contributed by atoms with Gasteiger partial charge in [0.15, 0.2) is 0 Å². The number of carbonyl (C=O) groups excluding carboxylic acids is 1. The summed E-state index contributed by atoms with van der Waals surface area (Å²) in [5, 5.41) is 0. The van der Waals surface area contributed by atoms with Crippen LogP contribution in [0.5, 0.6) is 0 Å². The molecule has 2 saturated heterocycles. The van der Waals surface area contributed by atoms with E-state index in [9.17, 15) is 4.79 Å². The lowest BCUT2D eigenvalue weighted by atomic mass is 9.87. The second-order valence-electron chi connectivity index (χ2n) is 5.85. The molecule has 1 aromatic carbocycles. The van der Waals surface area contributed by atoms with Crippen molar-refractivity contribution in [1.82, 2.24) is 4.90 Å². The first kappa shape index (κ1) is 13.2. The molecule has 2 N–H and O–H groups in total. The van der Waals surface area contributed by atoms with Crippen molar-refractivity contribution < 1.29 is 9.53 Å². The van der Waals surface area contributed by atoms with E-state index in [1.807, 2.05) is 24.3 Å². The van der Waals surface area contributed by atoms with Crippen LogP contribution in [0.15, 0.2) is 24.3 Å². The van der Waals surface area contributed by atoms with Gasteiger partial charge < -0.3 is 15.4 Å². The van der Waals surface area contributed by atoms with Crippen LogP contribution < -0.4 is 10.6 Å². The minimum absolute atomic E-state index is 0.231. The number of likely N-dealkylation sites (tertiary alicyclic amines) is 1. The average Bonchev–Trinajstić information content (AvgIpc) is 2.44. The molecule has 0 aliphatic carbocycles. The van der Waals surface area contributed by atoms with Gasteiger partial charge in [-0.2, -0.15) is 0 Å². The van der Waals surface area contributed by atoms with E-state index in [1.165, 1.54) is 0 Å². The number of nitrogens with two attached hydrogens (primary N) is 1. The summed E-state index contributed by atoms with van der Waals surface area (Å²) in [5.41, 5.74) is 6.99. The number of carbonyl (C=O) groups is 1. The number of piperidine rings is 1. The number of benzene rings is 1. The zero-order valence-corrected chi connectivity index (χ0v) is 11.8. The minimum atomic E-state index is -0.242. The van der Waals surface area contributed by atoms with Gasteiger partial charge in [-0.15, -0.1) is 0 Å². The van der Waals surface area contributed by atoms with Crippen molar-refractivity contribution >= 4 is 17.5 Å². The minimum Gasteiger partial charge on any atom is -0.442 e. The highest BCUT2D eigenvalue weighted by molar-refractivity contribution is 5.88. The van der Waals surface area contributed by atoms with Gasteiger partial charge in [0.2, 0.25) is 0 Å². The number of hydrogen-bond donors (Lipinski definition) is 1. The maximum Gasteiger partial charge on any atom is 0.414 e. The third-order valence-corrected chi connectivity index (χ3v) is 4.42. The molecule has 3 rings (SSSR count). The normalized spacial score (nSPS) is 22.9. The van der Waals surface area contributed by atoms with E-state index in [1.54, 1.807) is 4.90 Å². The Labute approximate surface area is 119 Å². The lowest BCUT2D eigenvalue weighted by Crippen LogP contribution is -2.54. The molecule has 0 radical (unpaired) electrons. The molecule has 2 fully saturated rings. The van der Waals surface area contributed by atoms with Crippen LogP contribution in [-0.4, -0.2) is 43.3 Å². The second-order valence-corrected chi connectivity index (χ2v) is 5.85. The first-order valence-corrected chi connectivity index (χ1v) is 7.13. The van der Waals surface area contributed by atoms with Gasteiger partial charge in [-0.1, -0.05) is 0 Å². The van der Waals surface area contributed by atoms with Crippen molar-refractivity contribution in [2.45, 2.75) is 24.9 Å². The van der Waals surface area contributed by atoms with E-state index in [4.69, 9.17) is 10.5 Å². The van der Waals surface area contributed by atoms with Crippen molar-refractivity contribution in [3.05, 3.63) is 24.3 Å². The topological polar surface area (TPSA) is 58.8 Å². The summed E-state index contributed by atoms with van der Waals surface area (Å²) in [7, 11) is 2.11. The van der Waals surface area contributed by atoms with Crippen LogP contribution in [0.2, 0.25) is 0 Å². The standard InChI is InChI=1S/C15H21N3O2/c1-17-9-6-15(7-10-17)8-11-18(14(19)20-15)13-4-2-12(16)3-5-13/h2-5H,6-11,16H2,1H3. The van der Waals surface area contributed by atoms with E-state index >= 15 is 0 Å². The first-order chi connectivity index (χ1) is 9.58. The molecule has 5 nitrogen and oxygen atoms in total. The van der Waals surface area contributed by atoms with Gasteiger partial charge in [-0.05, 0) is 31.3 Å². The van der Waals surface area contributed by atoms with Crippen molar-refractivity contribution in [2.75, 3.05) is 37.3 Å². The van der Waals surface area contributed by atoms with E-state index in [0.29, 0.717) is 12.2 Å². The van der Waals surface area contributed by atoms with Crippen LogP contribution >= 0.6 is 0 Å². The Kier molecular flexibility index (Phi) is 3.30. The highest BCUT2D eigenvalue weighted by Crippen LogP contribution is 2.35. The number of nitrogens with zero attached hydrogens (tertiary/aromatic N) is 2. The molecule has 2 heterocycles. The number of rotatable bonds is 1. The lowest BCUT2D eigenvalue weighted by molar-refractivity contribution is -0.0444. The summed E-state index contributed by atoms with van der Waals surface area (Å²) in [6.45, 7) is 2.71. The zero-order chi connectivity index (χ0) is 14.2. The number of ether oxygens (including phenoxy) is 1. The van der Waals surface area contributed by atoms with Crippen LogP contribution in [0.4, 0.5) is 16.2 Å². The molecule has 2 aliphatic heterocycles. The summed E-state index contributed by atoms with van der Waals surface area (Å²) in [6, 6.07) is 7.34.